The van der Waals surface area contributed by atoms with Crippen LogP contribution in [-0.2, 0) is 82.2 Å². The van der Waals surface area contributed by atoms with Gasteiger partial charge >= 0.3 is 6.09 Å². The van der Waals surface area contributed by atoms with Crippen molar-refractivity contribution in [3.05, 3.63) is 232 Å². The largest absolute Gasteiger partial charge is 0.444 e. The Bertz CT molecular complexity index is 5010. The number of amides is 2. The second kappa shape index (κ2) is 43.1. The van der Waals surface area contributed by atoms with Crippen molar-refractivity contribution >= 4 is 91.5 Å². The maximum Gasteiger partial charge on any atom is 0.410 e. The normalized spacial score (nSPS) is 14.9. The lowest BCUT2D eigenvalue weighted by Crippen LogP contribution is -2.47. The van der Waals surface area contributed by atoms with Crippen molar-refractivity contribution in [2.75, 3.05) is 13.1 Å². The number of hydrogen-bond acceptors (Lipinski definition) is 13. The van der Waals surface area contributed by atoms with Crippen LogP contribution in [0.25, 0.3) is 33.2 Å². The topological polar surface area (TPSA) is 255 Å². The number of para-hydroxylation sites is 1. The molecule has 0 bridgehead atoms. The molecular formula is C105H140N6O11. The van der Waals surface area contributed by atoms with Gasteiger partial charge in [0.15, 0.2) is 23.1 Å². The van der Waals surface area contributed by atoms with Crippen LogP contribution in [0, 0.1) is 37.9 Å². The van der Waals surface area contributed by atoms with Crippen LogP contribution in [0.1, 0.15) is 278 Å². The number of fused-ring (bicyclic) bond motifs is 5. The third kappa shape index (κ3) is 30.0. The van der Waals surface area contributed by atoms with E-state index in [0.29, 0.717) is 42.9 Å². The SMILES string of the molecule is CC(C)(C)C(=O)/C=C/C1=CCc2ccccc21.CC(C)(C)C(=O)C(=O)C1=CCc2ccccc21.CC(C)(C)C(=O)CCC1=CCc2ccccc21.CC(C)(C)C(=O)CCCC1=CCc2ccccc21.CC(C)(C)C(=O)[C@H](Cc1cnc[nH]1)NC(=O)CCN.CC(C)(C)OC(=O)N1CCCC1C(=O)C(C)(C)C.Cn1c(C(=O)C(C)(C)C)cc2ccccc21. The molecule has 2 aromatic heterocycles. The fraction of sp³-hybridized carbons (Fsp3) is 0.476. The lowest BCUT2D eigenvalue weighted by Gasteiger charge is -2.31. The van der Waals surface area contributed by atoms with Crippen molar-refractivity contribution in [1.82, 2.24) is 24.8 Å². The number of nitrogens with two attached hydrogens (primary N) is 1. The van der Waals surface area contributed by atoms with Crippen molar-refractivity contribution in [3.8, 4) is 0 Å². The molecule has 2 amide bonds. The van der Waals surface area contributed by atoms with Crippen LogP contribution in [-0.4, -0.2) is 108 Å². The molecule has 1 unspecified atom stereocenters. The third-order valence-electron chi connectivity index (χ3n) is 21.5. The molecule has 0 saturated carbocycles. The fourth-order valence-electron chi connectivity index (χ4n) is 14.2. The standard InChI is InChI=1S/C17H22O.C16H20O.C16H18O.C15H16O2.C14H25NO3.C14H17NO.C13H22N4O2/c1-17(2,3)16(18)10-6-8-14-12-11-13-7-4-5-9-15(13)14;2*1-16(2,3)15(17)11-10-13-9-8-12-6-4-5-7-14(12)13;1-15(2,3)14(17)13(16)12-9-8-10-6-4-5-7-11(10)12;1-13(2,3)11(16)10-8-7-9-15(10)12(17)18-14(4,5)6;1-14(2,3)13(16)12-9-10-7-5-6-8-11(10)15(12)4;1-13(2,3)12(19)10(17-11(18)4-5-14)6-9-7-15-8-16-9/h4-5,7,9,12H,6,8,10-11H2,1-3H3;4-7,9H,8,10-11H2,1-3H3;4-7,9-11H,8H2,1-3H3;4-7,9H,8H2,1-3H3;10H,7-9H2,1-6H3;5-9H,1-4H3;7-8,10H,4-6,14H2,1-3H3,(H,15,16)(H,17,18)/b;;11-10+;;;;/t;;;;;;10-/m......0/s1. The average Bonchev–Trinajstić information content (AvgIpc) is 1.64. The molecule has 4 N–H and O–H groups in total. The molecule has 4 aliphatic carbocycles. The van der Waals surface area contributed by atoms with Gasteiger partial charge < -0.3 is 25.3 Å². The first kappa shape index (κ1) is 100. The van der Waals surface area contributed by atoms with E-state index in [1.807, 2.05) is 230 Å². The number of Topliss-reactive ketones (excluding diaryl/α,β-unsaturated/α-hetero) is 7. The van der Waals surface area contributed by atoms with E-state index >= 15 is 0 Å². The quantitative estimate of drug-likeness (QED) is 0.0387. The van der Waals surface area contributed by atoms with E-state index in [1.54, 1.807) is 44.3 Å². The summed E-state index contributed by atoms with van der Waals surface area (Å²) in [6, 6.07) is 42.3. The highest BCUT2D eigenvalue weighted by Crippen LogP contribution is 2.37. The summed E-state index contributed by atoms with van der Waals surface area (Å²) in [7, 11) is 1.95. The van der Waals surface area contributed by atoms with E-state index in [0.717, 1.165) is 91.2 Å². The minimum atomic E-state index is -0.616. The van der Waals surface area contributed by atoms with Crippen LogP contribution in [0.3, 0.4) is 0 Å². The summed E-state index contributed by atoms with van der Waals surface area (Å²) in [6.07, 6.45) is 25.4. The molecule has 2 atom stereocenters. The number of likely N-dealkylation sites (tertiary alicyclic amines) is 1. The van der Waals surface area contributed by atoms with Gasteiger partial charge in [0, 0.05) is 112 Å². The molecule has 7 aromatic rings. The molecular weight excluding hydrogens is 1520 g/mol. The average molecular weight is 1660 g/mol. The van der Waals surface area contributed by atoms with Gasteiger partial charge in [-0.1, -0.05) is 291 Å². The molecule has 1 aliphatic heterocycles. The number of nitrogens with one attached hydrogen (secondary N) is 2. The fourth-order valence-corrected chi connectivity index (χ4v) is 14.2. The molecule has 12 rings (SSSR count). The van der Waals surface area contributed by atoms with Gasteiger partial charge in [0.25, 0.3) is 0 Å². The van der Waals surface area contributed by atoms with Crippen molar-refractivity contribution in [2.45, 2.75) is 267 Å². The van der Waals surface area contributed by atoms with Crippen molar-refractivity contribution in [1.29, 1.82) is 0 Å². The lowest BCUT2D eigenvalue weighted by atomic mass is 9.85. The second-order valence-corrected chi connectivity index (χ2v) is 40.5. The summed E-state index contributed by atoms with van der Waals surface area (Å²) < 4.78 is 7.32. The first-order valence-electron chi connectivity index (χ1n) is 43.3. The molecule has 3 heterocycles. The van der Waals surface area contributed by atoms with Crippen molar-refractivity contribution in [3.63, 3.8) is 0 Å². The number of nitrogens with zero attached hydrogens (tertiary/aromatic N) is 3. The second-order valence-electron chi connectivity index (χ2n) is 40.5. The van der Waals surface area contributed by atoms with Gasteiger partial charge in [-0.05, 0) is 158 Å². The van der Waals surface area contributed by atoms with E-state index < -0.39 is 27.9 Å². The van der Waals surface area contributed by atoms with Crippen LogP contribution >= 0.6 is 0 Å². The minimum absolute atomic E-state index is 0.00697. The number of ether oxygens (including phenoxy) is 1. The molecule has 122 heavy (non-hydrogen) atoms. The molecule has 17 nitrogen and oxygen atoms in total. The number of benzene rings is 5. The van der Waals surface area contributed by atoms with E-state index in [4.69, 9.17) is 10.5 Å². The Labute approximate surface area is 728 Å². The highest BCUT2D eigenvalue weighted by molar-refractivity contribution is 6.55. The molecule has 1 fully saturated rings. The maximum absolute atomic E-state index is 12.4. The van der Waals surface area contributed by atoms with Gasteiger partial charge in [0.05, 0.1) is 24.1 Å². The van der Waals surface area contributed by atoms with Crippen LogP contribution in [0.2, 0.25) is 0 Å². The number of imidazole rings is 1. The monoisotopic (exact) mass is 1660 g/mol. The molecule has 5 aliphatic rings. The zero-order valence-corrected chi connectivity index (χ0v) is 77.9. The summed E-state index contributed by atoms with van der Waals surface area (Å²) in [5, 5.41) is 3.87. The number of rotatable bonds is 19. The third-order valence-corrected chi connectivity index (χ3v) is 21.5. The predicted molar refractivity (Wildman–Crippen MR) is 497 cm³/mol. The Balaban J connectivity index is 0.000000220. The predicted octanol–water partition coefficient (Wildman–Crippen LogP) is 21.9. The summed E-state index contributed by atoms with van der Waals surface area (Å²) in [5.41, 5.74) is 19.6. The Kier molecular flexibility index (Phi) is 35.5. The Hall–Kier alpha value is -10.4. The zero-order valence-electron chi connectivity index (χ0n) is 77.9. The maximum atomic E-state index is 12.4. The molecule has 5 aromatic carbocycles. The molecule has 0 radical (unpaired) electrons. The Morgan fingerprint density at radius 3 is 1.52 bits per heavy atom. The van der Waals surface area contributed by atoms with Gasteiger partial charge in [-0.25, -0.2) is 9.78 Å². The highest BCUT2D eigenvalue weighted by Gasteiger charge is 2.41. The van der Waals surface area contributed by atoms with Crippen molar-refractivity contribution in [2.24, 2.45) is 50.7 Å². The Morgan fingerprint density at radius 1 is 0.541 bits per heavy atom. The summed E-state index contributed by atoms with van der Waals surface area (Å²) >= 11 is 0. The van der Waals surface area contributed by atoms with Crippen LogP contribution in [0.4, 0.5) is 4.79 Å². The number of carbonyl (C=O) groups is 10. The van der Waals surface area contributed by atoms with Crippen molar-refractivity contribution < 1.29 is 52.7 Å². The number of aromatic nitrogens is 3. The Morgan fingerprint density at radius 2 is 1.03 bits per heavy atom. The number of ketones is 8. The van der Waals surface area contributed by atoms with Gasteiger partial charge in [0.1, 0.15) is 17.2 Å². The number of aryl methyl sites for hydroxylation is 1. The first-order valence-corrected chi connectivity index (χ1v) is 43.3. The van der Waals surface area contributed by atoms with Crippen LogP contribution in [0.15, 0.2) is 176 Å². The number of allylic oxidation sites excluding steroid dienone is 10. The van der Waals surface area contributed by atoms with E-state index in [2.05, 4.69) is 100 Å². The molecule has 0 spiro atoms. The molecule has 1 saturated heterocycles. The molecule has 656 valence electrons. The van der Waals surface area contributed by atoms with Gasteiger partial charge in [-0.2, -0.15) is 0 Å². The smallest absolute Gasteiger partial charge is 0.410 e. The number of H-pyrrole nitrogens is 1. The summed E-state index contributed by atoms with van der Waals surface area (Å²) in [4.78, 5) is 129. The van der Waals surface area contributed by atoms with E-state index in [-0.39, 0.29) is 87.4 Å². The summed E-state index contributed by atoms with van der Waals surface area (Å²) in [5.74, 6) is 0.303. The first-order chi connectivity index (χ1) is 56.6. The van der Waals surface area contributed by atoms with Crippen LogP contribution in [0.5, 0.6) is 0 Å². The lowest BCUT2D eigenvalue weighted by molar-refractivity contribution is -0.138. The van der Waals surface area contributed by atoms with Crippen LogP contribution < -0.4 is 11.1 Å². The van der Waals surface area contributed by atoms with Gasteiger partial charge in [0.2, 0.25) is 17.5 Å². The minimum Gasteiger partial charge on any atom is -0.444 e. The van der Waals surface area contributed by atoms with E-state index in [9.17, 15) is 47.9 Å². The number of aromatic amines is 1. The molecule has 17 heteroatoms. The zero-order chi connectivity index (χ0) is 91.3. The van der Waals surface area contributed by atoms with E-state index in [1.165, 1.54) is 50.1 Å². The van der Waals surface area contributed by atoms with Gasteiger partial charge in [-0.15, -0.1) is 0 Å². The summed E-state index contributed by atoms with van der Waals surface area (Å²) in [6.45, 7) is 46.5. The highest BCUT2D eigenvalue weighted by atomic mass is 16.6. The number of hydrogen-bond donors (Lipinski definition) is 3. The number of carbonyl (C=O) groups excluding carboxylic acids is 10. The van der Waals surface area contributed by atoms with Gasteiger partial charge in [-0.3, -0.25) is 48.1 Å².